The Kier molecular flexibility index (Phi) is 8.05. The second-order valence-electron chi connectivity index (χ2n) is 11.0. The number of nitrogens with zero attached hydrogens (tertiary/aromatic N) is 2. The maximum atomic E-state index is 14.0. The van der Waals surface area contributed by atoms with Gasteiger partial charge in [-0.3, -0.25) is 9.48 Å². The third-order valence-electron chi connectivity index (χ3n) is 8.06. The Morgan fingerprint density at radius 1 is 1.07 bits per heavy atom. The van der Waals surface area contributed by atoms with Crippen LogP contribution in [0.2, 0.25) is 5.02 Å². The molecular weight excluding hydrogens is 612 g/mol. The molecular formula is C34H27ClF4N2O4. The molecule has 6 nitrogen and oxygen atoms in total. The number of alkyl halides is 3. The Balaban J connectivity index is 1.43. The van der Waals surface area contributed by atoms with Gasteiger partial charge in [0.25, 0.3) is 0 Å². The van der Waals surface area contributed by atoms with Crippen molar-refractivity contribution in [2.75, 3.05) is 7.11 Å². The summed E-state index contributed by atoms with van der Waals surface area (Å²) in [6, 6.07) is 19.9. The predicted octanol–water partition coefficient (Wildman–Crippen LogP) is 8.44. The summed E-state index contributed by atoms with van der Waals surface area (Å²) in [5.74, 6) is -0.173. The third-order valence-corrected chi connectivity index (χ3v) is 8.41. The van der Waals surface area contributed by atoms with Crippen molar-refractivity contribution in [1.82, 2.24) is 9.78 Å². The lowest BCUT2D eigenvalue weighted by Crippen LogP contribution is -2.33. The first-order chi connectivity index (χ1) is 21.5. The maximum absolute atomic E-state index is 14.0. The summed E-state index contributed by atoms with van der Waals surface area (Å²) in [4.78, 5) is 12.1. The lowest BCUT2D eigenvalue weighted by molar-refractivity contribution is -0.147. The summed E-state index contributed by atoms with van der Waals surface area (Å²) in [7, 11) is 1.27. The summed E-state index contributed by atoms with van der Waals surface area (Å²) in [5.41, 5.74) is 0.238. The zero-order valence-corrected chi connectivity index (χ0v) is 24.8. The van der Waals surface area contributed by atoms with Gasteiger partial charge in [-0.05, 0) is 66.8 Å². The van der Waals surface area contributed by atoms with E-state index in [9.17, 15) is 27.5 Å². The van der Waals surface area contributed by atoms with Crippen molar-refractivity contribution in [2.24, 2.45) is 0 Å². The molecule has 0 radical (unpaired) electrons. The van der Waals surface area contributed by atoms with Crippen molar-refractivity contribution in [3.8, 4) is 22.8 Å². The van der Waals surface area contributed by atoms with Crippen LogP contribution in [0.25, 0.3) is 22.2 Å². The first kappa shape index (κ1) is 30.6. The minimum Gasteiger partial charge on any atom is -0.469 e. The Labute approximate surface area is 260 Å². The van der Waals surface area contributed by atoms with Crippen molar-refractivity contribution >= 4 is 28.5 Å². The van der Waals surface area contributed by atoms with Crippen LogP contribution in [0.4, 0.5) is 17.6 Å². The molecule has 1 N–H and O–H groups in total. The first-order valence-corrected chi connectivity index (χ1v) is 14.5. The molecule has 0 saturated heterocycles. The van der Waals surface area contributed by atoms with E-state index in [-0.39, 0.29) is 28.9 Å². The van der Waals surface area contributed by atoms with Gasteiger partial charge in [-0.1, -0.05) is 54.1 Å². The Hall–Kier alpha value is -4.41. The van der Waals surface area contributed by atoms with Gasteiger partial charge in [0, 0.05) is 21.5 Å². The number of fused-ring (bicyclic) bond motifs is 2. The number of hydrogen-bond acceptors (Lipinski definition) is 5. The molecule has 1 aliphatic carbocycles. The SMILES string of the molecule is COC(=O)CC1(O)CCCc2c(Oc3cccc(-c4c5cccc(C(F)(F)F)c5nn4Cc4ccc(F)cc4Cl)c3)cccc21. The van der Waals surface area contributed by atoms with Gasteiger partial charge in [0.15, 0.2) is 0 Å². The minimum absolute atomic E-state index is 0.0174. The van der Waals surface area contributed by atoms with Gasteiger partial charge in [0.05, 0.1) is 31.3 Å². The number of halogens is 5. The molecule has 4 aromatic carbocycles. The average molecular weight is 639 g/mol. The molecule has 0 saturated carbocycles. The van der Waals surface area contributed by atoms with Crippen LogP contribution in [0.3, 0.4) is 0 Å². The fourth-order valence-corrected chi connectivity index (χ4v) is 6.21. The molecule has 1 unspecified atom stereocenters. The fraction of sp³-hybridized carbons (Fsp3) is 0.235. The number of rotatable bonds is 7. The highest BCUT2D eigenvalue weighted by molar-refractivity contribution is 6.31. The molecule has 6 rings (SSSR count). The Bertz CT molecular complexity index is 1920. The van der Waals surface area contributed by atoms with E-state index in [1.807, 2.05) is 0 Å². The van der Waals surface area contributed by atoms with Gasteiger partial charge in [-0.25, -0.2) is 4.39 Å². The van der Waals surface area contributed by atoms with Crippen LogP contribution in [-0.2, 0) is 34.3 Å². The summed E-state index contributed by atoms with van der Waals surface area (Å²) in [5, 5.41) is 16.1. The van der Waals surface area contributed by atoms with E-state index < -0.39 is 29.1 Å². The van der Waals surface area contributed by atoms with Crippen molar-refractivity contribution in [2.45, 2.75) is 44.0 Å². The molecule has 1 atom stereocenters. The number of benzene rings is 4. The summed E-state index contributed by atoms with van der Waals surface area (Å²) in [6.07, 6.45) is -3.20. The number of carbonyl (C=O) groups excluding carboxylic acids is 1. The van der Waals surface area contributed by atoms with Crippen LogP contribution in [-0.4, -0.2) is 28.0 Å². The molecule has 0 amide bonds. The summed E-state index contributed by atoms with van der Waals surface area (Å²) >= 11 is 6.29. The minimum atomic E-state index is -4.64. The van der Waals surface area contributed by atoms with Gasteiger partial charge in [-0.15, -0.1) is 0 Å². The van der Waals surface area contributed by atoms with Crippen LogP contribution in [0.5, 0.6) is 11.5 Å². The molecule has 11 heteroatoms. The van der Waals surface area contributed by atoms with Gasteiger partial charge < -0.3 is 14.6 Å². The van der Waals surface area contributed by atoms with Crippen LogP contribution < -0.4 is 4.74 Å². The van der Waals surface area contributed by atoms with E-state index in [1.54, 1.807) is 48.5 Å². The lowest BCUT2D eigenvalue weighted by Gasteiger charge is -2.34. The van der Waals surface area contributed by atoms with E-state index in [1.165, 1.54) is 30.0 Å². The molecule has 0 spiro atoms. The molecule has 0 bridgehead atoms. The molecule has 1 aromatic heterocycles. The standard InChI is InChI=1S/C34H27ClF4N2O4/c1-44-30(42)18-33(43)15-5-9-24-26(33)10-4-12-29(24)45-23-7-2-6-20(16-23)32-25-8-3-11-27(34(37,38)39)31(25)40-41(32)19-21-13-14-22(36)17-28(21)35/h2-4,6-8,10-14,16-17,43H,5,9,15,18-19H2,1H3. The van der Waals surface area contributed by atoms with Gasteiger partial charge in [-0.2, -0.15) is 18.3 Å². The number of aliphatic hydroxyl groups is 1. The van der Waals surface area contributed by atoms with E-state index in [0.717, 1.165) is 17.7 Å². The van der Waals surface area contributed by atoms with Gasteiger partial charge >= 0.3 is 12.1 Å². The molecule has 232 valence electrons. The molecule has 1 heterocycles. The van der Waals surface area contributed by atoms with E-state index in [0.29, 0.717) is 53.1 Å². The number of carbonyl (C=O) groups is 1. The fourth-order valence-electron chi connectivity index (χ4n) is 5.99. The maximum Gasteiger partial charge on any atom is 0.418 e. The number of ether oxygens (including phenoxy) is 2. The highest BCUT2D eigenvalue weighted by atomic mass is 35.5. The third kappa shape index (κ3) is 6.00. The van der Waals surface area contributed by atoms with Crippen LogP contribution in [0.1, 0.15) is 41.5 Å². The van der Waals surface area contributed by atoms with E-state index in [4.69, 9.17) is 21.1 Å². The van der Waals surface area contributed by atoms with Crippen molar-refractivity contribution in [3.05, 3.63) is 112 Å². The average Bonchev–Trinajstić information content (AvgIpc) is 3.36. The quantitative estimate of drug-likeness (QED) is 0.143. The van der Waals surface area contributed by atoms with Crippen LogP contribution in [0.15, 0.2) is 78.9 Å². The first-order valence-electron chi connectivity index (χ1n) is 14.2. The number of methoxy groups -OCH3 is 1. The van der Waals surface area contributed by atoms with Crippen LogP contribution in [0, 0.1) is 5.82 Å². The molecule has 0 aliphatic heterocycles. The zero-order valence-electron chi connectivity index (χ0n) is 24.0. The monoisotopic (exact) mass is 638 g/mol. The molecule has 5 aromatic rings. The Morgan fingerprint density at radius 2 is 1.84 bits per heavy atom. The summed E-state index contributed by atoms with van der Waals surface area (Å²) in [6.45, 7) is -0.0174. The van der Waals surface area contributed by atoms with E-state index in [2.05, 4.69) is 5.10 Å². The predicted molar refractivity (Wildman–Crippen MR) is 161 cm³/mol. The summed E-state index contributed by atoms with van der Waals surface area (Å²) < 4.78 is 68.3. The zero-order chi connectivity index (χ0) is 31.9. The second-order valence-corrected chi connectivity index (χ2v) is 11.4. The Morgan fingerprint density at radius 3 is 2.60 bits per heavy atom. The largest absolute Gasteiger partial charge is 0.469 e. The topological polar surface area (TPSA) is 73.6 Å². The van der Waals surface area contributed by atoms with Crippen molar-refractivity contribution < 1.29 is 36.9 Å². The highest BCUT2D eigenvalue weighted by Crippen LogP contribution is 2.44. The van der Waals surface area contributed by atoms with Crippen molar-refractivity contribution in [1.29, 1.82) is 0 Å². The lowest BCUT2D eigenvalue weighted by atomic mass is 9.77. The highest BCUT2D eigenvalue weighted by Gasteiger charge is 2.38. The molecule has 1 aliphatic rings. The smallest absolute Gasteiger partial charge is 0.418 e. The van der Waals surface area contributed by atoms with E-state index >= 15 is 0 Å². The van der Waals surface area contributed by atoms with Gasteiger partial charge in [0.2, 0.25) is 0 Å². The van der Waals surface area contributed by atoms with Crippen molar-refractivity contribution in [3.63, 3.8) is 0 Å². The molecule has 0 fully saturated rings. The number of esters is 1. The number of hydrogen-bond donors (Lipinski definition) is 1. The van der Waals surface area contributed by atoms with Crippen LogP contribution >= 0.6 is 11.6 Å². The molecule has 45 heavy (non-hydrogen) atoms. The number of aromatic nitrogens is 2. The second kappa shape index (κ2) is 11.8. The normalized spacial score (nSPS) is 16.4. The van der Waals surface area contributed by atoms with Gasteiger partial charge in [0.1, 0.15) is 28.4 Å².